The van der Waals surface area contributed by atoms with E-state index in [1.54, 1.807) is 0 Å². The summed E-state index contributed by atoms with van der Waals surface area (Å²) in [5.74, 6) is 0.914. The van der Waals surface area contributed by atoms with Crippen LogP contribution in [0.4, 0.5) is 5.69 Å². The molecule has 0 spiro atoms. The number of aryl methyl sites for hydroxylation is 1. The third kappa shape index (κ3) is 4.36. The number of rotatable bonds is 5. The van der Waals surface area contributed by atoms with E-state index in [0.717, 1.165) is 76.0 Å². The van der Waals surface area contributed by atoms with Crippen LogP contribution in [0.3, 0.4) is 0 Å². The highest BCUT2D eigenvalue weighted by atomic mass is 35.5. The molecule has 0 unspecified atom stereocenters. The third-order valence-corrected chi connectivity index (χ3v) is 6.79. The van der Waals surface area contributed by atoms with Gasteiger partial charge >= 0.3 is 0 Å². The maximum atomic E-state index is 13.0. The van der Waals surface area contributed by atoms with E-state index in [0.29, 0.717) is 12.3 Å². The summed E-state index contributed by atoms with van der Waals surface area (Å²) in [5.41, 5.74) is 1.79. The zero-order valence-electron chi connectivity index (χ0n) is 16.5. The second-order valence-electron chi connectivity index (χ2n) is 8.47. The summed E-state index contributed by atoms with van der Waals surface area (Å²) in [5, 5.41) is 6.59. The summed E-state index contributed by atoms with van der Waals surface area (Å²) in [6.07, 6.45) is 8.15. The van der Waals surface area contributed by atoms with Crippen molar-refractivity contribution in [3.8, 4) is 0 Å². The first-order valence-electron chi connectivity index (χ1n) is 10.6. The highest BCUT2D eigenvalue weighted by Crippen LogP contribution is 2.44. The molecule has 1 aromatic carbocycles. The van der Waals surface area contributed by atoms with E-state index in [2.05, 4.69) is 10.6 Å². The minimum absolute atomic E-state index is 0. The highest BCUT2D eigenvalue weighted by molar-refractivity contribution is 5.96. The molecule has 1 aromatic rings. The van der Waals surface area contributed by atoms with Gasteiger partial charge in [0.15, 0.2) is 0 Å². The summed E-state index contributed by atoms with van der Waals surface area (Å²) in [4.78, 5) is 27.2. The second-order valence-corrected chi connectivity index (χ2v) is 8.47. The average molecular weight is 406 g/mol. The molecule has 5 nitrogen and oxygen atoms in total. The number of fused-ring (bicyclic) bond motifs is 1. The van der Waals surface area contributed by atoms with Gasteiger partial charge < -0.3 is 15.5 Å². The summed E-state index contributed by atoms with van der Waals surface area (Å²) in [7, 11) is 0. The van der Waals surface area contributed by atoms with Crippen LogP contribution >= 0.6 is 12.4 Å². The third-order valence-electron chi connectivity index (χ3n) is 6.79. The molecule has 0 aromatic heterocycles. The van der Waals surface area contributed by atoms with E-state index in [1.807, 2.05) is 29.2 Å². The molecular weight excluding hydrogens is 374 g/mol. The van der Waals surface area contributed by atoms with Crippen molar-refractivity contribution in [2.45, 2.75) is 51.4 Å². The maximum absolute atomic E-state index is 13.0. The molecule has 1 saturated carbocycles. The minimum atomic E-state index is -0.223. The maximum Gasteiger partial charge on any atom is 0.232 e. The van der Waals surface area contributed by atoms with E-state index < -0.39 is 0 Å². The van der Waals surface area contributed by atoms with E-state index in [-0.39, 0.29) is 29.6 Å². The highest BCUT2D eigenvalue weighted by Gasteiger charge is 2.49. The summed E-state index contributed by atoms with van der Waals surface area (Å²) < 4.78 is 0. The Morgan fingerprint density at radius 3 is 2.61 bits per heavy atom. The van der Waals surface area contributed by atoms with Crippen molar-refractivity contribution >= 4 is 29.9 Å². The second kappa shape index (κ2) is 9.27. The molecule has 0 radical (unpaired) electrons. The molecule has 2 aliphatic heterocycles. The molecule has 2 saturated heterocycles. The first-order chi connectivity index (χ1) is 13.2. The molecule has 2 amide bonds. The predicted molar refractivity (Wildman–Crippen MR) is 114 cm³/mol. The van der Waals surface area contributed by atoms with Crippen molar-refractivity contribution < 1.29 is 9.59 Å². The fraction of sp³-hybridized carbons (Fsp3) is 0.636. The van der Waals surface area contributed by atoms with Crippen molar-refractivity contribution in [2.24, 2.45) is 11.3 Å². The Hall–Kier alpha value is -1.59. The number of anilines is 1. The lowest BCUT2D eigenvalue weighted by atomic mass is 9.67. The number of amides is 2. The van der Waals surface area contributed by atoms with Crippen molar-refractivity contribution in [1.29, 1.82) is 0 Å². The summed E-state index contributed by atoms with van der Waals surface area (Å²) >= 11 is 0. The standard InChI is InChI=1S/C22H31N3O2.ClH/c26-20(25-13-3-4-14-25)11-8-17-6-9-19(10-7-17)24-21(27)22-12-2-1-5-18(22)15-23-16-22;/h6-7,9-10,18,23H,1-5,8,11-16H2,(H,24,27);1H/t18-,22+;/m0./s1. The van der Waals surface area contributed by atoms with Crippen molar-refractivity contribution in [2.75, 3.05) is 31.5 Å². The number of nitrogens with one attached hydrogen (secondary N) is 2. The van der Waals surface area contributed by atoms with Crippen LogP contribution in [-0.4, -0.2) is 42.9 Å². The number of carbonyl (C=O) groups is 2. The van der Waals surface area contributed by atoms with Crippen molar-refractivity contribution in [3.63, 3.8) is 0 Å². The lowest BCUT2D eigenvalue weighted by Gasteiger charge is -2.37. The Morgan fingerprint density at radius 1 is 1.11 bits per heavy atom. The van der Waals surface area contributed by atoms with E-state index in [1.165, 1.54) is 6.42 Å². The van der Waals surface area contributed by atoms with Gasteiger partial charge in [-0.1, -0.05) is 25.0 Å². The van der Waals surface area contributed by atoms with Crippen LogP contribution in [0.15, 0.2) is 24.3 Å². The van der Waals surface area contributed by atoms with Gasteiger partial charge in [0.05, 0.1) is 5.41 Å². The molecule has 4 rings (SSSR count). The van der Waals surface area contributed by atoms with Crippen LogP contribution in [0, 0.1) is 11.3 Å². The van der Waals surface area contributed by atoms with Crippen LogP contribution < -0.4 is 10.6 Å². The lowest BCUT2D eigenvalue weighted by molar-refractivity contribution is -0.130. The number of halogens is 1. The van der Waals surface area contributed by atoms with E-state index in [4.69, 9.17) is 0 Å². The van der Waals surface area contributed by atoms with E-state index in [9.17, 15) is 9.59 Å². The number of hydrogen-bond donors (Lipinski definition) is 2. The van der Waals surface area contributed by atoms with E-state index >= 15 is 0 Å². The van der Waals surface area contributed by atoms with Crippen LogP contribution in [0.2, 0.25) is 0 Å². The molecule has 3 fully saturated rings. The zero-order chi connectivity index (χ0) is 18.7. The summed E-state index contributed by atoms with van der Waals surface area (Å²) in [6, 6.07) is 8.03. The Bertz CT molecular complexity index is 688. The zero-order valence-corrected chi connectivity index (χ0v) is 17.4. The number of likely N-dealkylation sites (tertiary alicyclic amines) is 1. The van der Waals surface area contributed by atoms with Crippen LogP contribution in [0.25, 0.3) is 0 Å². The van der Waals surface area contributed by atoms with Gasteiger partial charge in [-0.05, 0) is 62.3 Å². The van der Waals surface area contributed by atoms with Crippen molar-refractivity contribution in [1.82, 2.24) is 10.2 Å². The molecular formula is C22H32ClN3O2. The summed E-state index contributed by atoms with van der Waals surface area (Å²) in [6.45, 7) is 3.61. The molecule has 154 valence electrons. The van der Waals surface area contributed by atoms with Gasteiger partial charge in [0, 0.05) is 31.7 Å². The number of hydrogen-bond acceptors (Lipinski definition) is 3. The minimum Gasteiger partial charge on any atom is -0.343 e. The molecule has 6 heteroatoms. The van der Waals surface area contributed by atoms with Crippen LogP contribution in [0.5, 0.6) is 0 Å². The number of nitrogens with zero attached hydrogens (tertiary/aromatic N) is 1. The lowest BCUT2D eigenvalue weighted by Crippen LogP contribution is -2.44. The molecule has 28 heavy (non-hydrogen) atoms. The predicted octanol–water partition coefficient (Wildman–Crippen LogP) is 3.38. The molecule has 2 heterocycles. The molecule has 1 aliphatic carbocycles. The largest absolute Gasteiger partial charge is 0.343 e. The van der Waals surface area contributed by atoms with Gasteiger partial charge in [-0.25, -0.2) is 0 Å². The average Bonchev–Trinajstić information content (AvgIpc) is 3.37. The molecule has 0 bridgehead atoms. The van der Waals surface area contributed by atoms with Gasteiger partial charge in [0.25, 0.3) is 0 Å². The fourth-order valence-corrected chi connectivity index (χ4v) is 5.08. The van der Waals surface area contributed by atoms with Gasteiger partial charge in [0.1, 0.15) is 0 Å². The first-order valence-corrected chi connectivity index (χ1v) is 10.6. The van der Waals surface area contributed by atoms with Gasteiger partial charge in [0.2, 0.25) is 11.8 Å². The first kappa shape index (κ1) is 21.1. The van der Waals surface area contributed by atoms with Crippen LogP contribution in [-0.2, 0) is 16.0 Å². The van der Waals surface area contributed by atoms with Gasteiger partial charge in [-0.15, -0.1) is 12.4 Å². The topological polar surface area (TPSA) is 61.4 Å². The van der Waals surface area contributed by atoms with Crippen molar-refractivity contribution in [3.05, 3.63) is 29.8 Å². The monoisotopic (exact) mass is 405 g/mol. The quantitative estimate of drug-likeness (QED) is 0.789. The molecule has 3 aliphatic rings. The number of carbonyl (C=O) groups excluding carboxylic acids is 2. The fourth-order valence-electron chi connectivity index (χ4n) is 5.08. The smallest absolute Gasteiger partial charge is 0.232 e. The number of benzene rings is 1. The Morgan fingerprint density at radius 2 is 1.86 bits per heavy atom. The SMILES string of the molecule is Cl.O=C(CCc1ccc(NC(=O)[C@@]23CCCC[C@H]2CNC3)cc1)N1CCCC1. The Balaban J connectivity index is 0.00000225. The molecule has 2 N–H and O–H groups in total. The Labute approximate surface area is 174 Å². The Kier molecular flexibility index (Phi) is 7.00. The van der Waals surface area contributed by atoms with Gasteiger partial charge in [-0.2, -0.15) is 0 Å². The normalized spacial score (nSPS) is 26.4. The van der Waals surface area contributed by atoms with Crippen LogP contribution in [0.1, 0.15) is 50.5 Å². The molecule has 2 atom stereocenters. The van der Waals surface area contributed by atoms with Gasteiger partial charge in [-0.3, -0.25) is 9.59 Å².